The Bertz CT molecular complexity index is 472. The smallest absolute Gasteiger partial charge is 0.242 e. The average molecular weight is 260 g/mol. The van der Waals surface area contributed by atoms with Gasteiger partial charge in [-0.15, -0.1) is 6.58 Å². The van der Waals surface area contributed by atoms with Crippen LogP contribution in [0, 0.1) is 0 Å². The van der Waals surface area contributed by atoms with Gasteiger partial charge in [0.15, 0.2) is 0 Å². The molecule has 1 aliphatic heterocycles. The monoisotopic (exact) mass is 260 g/mol. The molecule has 96 valence electrons. The van der Waals surface area contributed by atoms with Crippen LogP contribution in [0.25, 0.3) is 5.76 Å². The second-order valence-electron chi connectivity index (χ2n) is 5.42. The molecule has 3 heteroatoms. The number of benzene rings is 1. The molecule has 1 aromatic rings. The molecule has 0 fully saturated rings. The van der Waals surface area contributed by atoms with Gasteiger partial charge in [0, 0.05) is 6.42 Å². The maximum absolute atomic E-state index is 6.17. The first-order valence-electron chi connectivity index (χ1n) is 6.27. The van der Waals surface area contributed by atoms with Crippen molar-refractivity contribution >= 4 is 14.1 Å². The van der Waals surface area contributed by atoms with Crippen LogP contribution in [-0.2, 0) is 4.43 Å². The molecule has 1 atom stereocenters. The zero-order chi connectivity index (χ0) is 13.2. The number of ether oxygens (including phenoxy) is 1. The standard InChI is InChI=1S/C15H20O2Si/c1-5-8-12-11-15(17-18(2,3)4)13-9-6-7-10-14(13)16-12/h5-7,9-12H,1,8H2,2-4H3. The molecule has 0 spiro atoms. The lowest BCUT2D eigenvalue weighted by atomic mass is 10.1. The van der Waals surface area contributed by atoms with Crippen molar-refractivity contribution in [1.82, 2.24) is 0 Å². The Balaban J connectivity index is 2.34. The number of para-hydroxylation sites is 1. The molecule has 0 aromatic heterocycles. The molecule has 0 bridgehead atoms. The minimum absolute atomic E-state index is 0.0312. The average Bonchev–Trinajstić information content (AvgIpc) is 2.27. The Hall–Kier alpha value is -1.48. The van der Waals surface area contributed by atoms with E-state index in [1.54, 1.807) is 0 Å². The Morgan fingerprint density at radius 2 is 2.06 bits per heavy atom. The van der Waals surface area contributed by atoms with Crippen molar-refractivity contribution in [2.45, 2.75) is 32.2 Å². The molecule has 0 saturated carbocycles. The second-order valence-corrected chi connectivity index (χ2v) is 9.85. The minimum Gasteiger partial charge on any atom is -0.544 e. The predicted molar refractivity (Wildman–Crippen MR) is 78.1 cm³/mol. The van der Waals surface area contributed by atoms with Crippen LogP contribution in [0.1, 0.15) is 12.0 Å². The fraction of sp³-hybridized carbons (Fsp3) is 0.333. The molecule has 1 unspecified atom stereocenters. The molecule has 1 heterocycles. The predicted octanol–water partition coefficient (Wildman–Crippen LogP) is 4.22. The third-order valence-corrected chi connectivity index (χ3v) is 3.42. The highest BCUT2D eigenvalue weighted by molar-refractivity contribution is 6.70. The summed E-state index contributed by atoms with van der Waals surface area (Å²) in [6.07, 6.45) is 4.78. The summed E-state index contributed by atoms with van der Waals surface area (Å²) < 4.78 is 12.1. The number of fused-ring (bicyclic) bond motifs is 1. The Labute approximate surface area is 110 Å². The molecule has 18 heavy (non-hydrogen) atoms. The summed E-state index contributed by atoms with van der Waals surface area (Å²) >= 11 is 0. The van der Waals surface area contributed by atoms with Crippen LogP contribution in [0.4, 0.5) is 0 Å². The van der Waals surface area contributed by atoms with Gasteiger partial charge in [0.1, 0.15) is 17.6 Å². The van der Waals surface area contributed by atoms with E-state index in [-0.39, 0.29) is 6.10 Å². The molecule has 2 nitrogen and oxygen atoms in total. The highest BCUT2D eigenvalue weighted by atomic mass is 28.4. The minimum atomic E-state index is -1.62. The Kier molecular flexibility index (Phi) is 3.62. The first-order valence-corrected chi connectivity index (χ1v) is 9.68. The lowest BCUT2D eigenvalue weighted by Crippen LogP contribution is -2.27. The number of rotatable bonds is 4. The van der Waals surface area contributed by atoms with Gasteiger partial charge in [-0.05, 0) is 37.8 Å². The fourth-order valence-corrected chi connectivity index (χ4v) is 2.77. The van der Waals surface area contributed by atoms with Crippen molar-refractivity contribution in [2.75, 3.05) is 0 Å². The van der Waals surface area contributed by atoms with Crippen molar-refractivity contribution in [1.29, 1.82) is 0 Å². The van der Waals surface area contributed by atoms with Crippen molar-refractivity contribution in [3.05, 3.63) is 48.6 Å². The molecule has 1 aromatic carbocycles. The summed E-state index contributed by atoms with van der Waals surface area (Å²) in [5.41, 5.74) is 1.06. The zero-order valence-electron chi connectivity index (χ0n) is 11.3. The van der Waals surface area contributed by atoms with Gasteiger partial charge in [-0.25, -0.2) is 0 Å². The molecule has 0 saturated heterocycles. The summed E-state index contributed by atoms with van der Waals surface area (Å²) in [4.78, 5) is 0. The third-order valence-electron chi connectivity index (χ3n) is 2.58. The largest absolute Gasteiger partial charge is 0.544 e. The van der Waals surface area contributed by atoms with Crippen molar-refractivity contribution in [3.63, 3.8) is 0 Å². The van der Waals surface area contributed by atoms with Crippen LogP contribution in [0.2, 0.25) is 19.6 Å². The number of hydrogen-bond acceptors (Lipinski definition) is 2. The maximum atomic E-state index is 6.17. The first-order chi connectivity index (χ1) is 8.49. The highest BCUT2D eigenvalue weighted by Crippen LogP contribution is 2.34. The van der Waals surface area contributed by atoms with Crippen LogP contribution in [0.3, 0.4) is 0 Å². The van der Waals surface area contributed by atoms with Crippen molar-refractivity contribution in [3.8, 4) is 5.75 Å². The van der Waals surface area contributed by atoms with Crippen LogP contribution in [0.15, 0.2) is 43.0 Å². The molecule has 0 radical (unpaired) electrons. The molecular weight excluding hydrogens is 240 g/mol. The van der Waals surface area contributed by atoms with Crippen molar-refractivity contribution in [2.24, 2.45) is 0 Å². The van der Waals surface area contributed by atoms with Gasteiger partial charge < -0.3 is 9.16 Å². The molecule has 0 N–H and O–H groups in total. The van der Waals surface area contributed by atoms with E-state index in [4.69, 9.17) is 9.16 Å². The summed E-state index contributed by atoms with van der Waals surface area (Å²) in [6.45, 7) is 10.3. The Morgan fingerprint density at radius 3 is 2.72 bits per heavy atom. The van der Waals surface area contributed by atoms with E-state index in [1.165, 1.54) is 0 Å². The van der Waals surface area contributed by atoms with Gasteiger partial charge in [-0.2, -0.15) is 0 Å². The van der Waals surface area contributed by atoms with Crippen molar-refractivity contribution < 1.29 is 9.16 Å². The summed E-state index contributed by atoms with van der Waals surface area (Å²) in [6, 6.07) is 8.04. The lowest BCUT2D eigenvalue weighted by molar-refractivity contribution is 0.243. The van der Waals surface area contributed by atoms with Gasteiger partial charge in [-0.3, -0.25) is 0 Å². The third kappa shape index (κ3) is 3.04. The van der Waals surface area contributed by atoms with E-state index in [0.717, 1.165) is 23.5 Å². The van der Waals surface area contributed by atoms with Crippen LogP contribution < -0.4 is 4.74 Å². The van der Waals surface area contributed by atoms with E-state index in [1.807, 2.05) is 30.3 Å². The maximum Gasteiger partial charge on any atom is 0.242 e. The molecule has 0 amide bonds. The highest BCUT2D eigenvalue weighted by Gasteiger charge is 2.25. The molecule has 2 rings (SSSR count). The SMILES string of the molecule is C=CCC1C=C(O[Si](C)(C)C)c2ccccc2O1. The van der Waals surface area contributed by atoms with E-state index in [2.05, 4.69) is 32.3 Å². The summed E-state index contributed by atoms with van der Waals surface area (Å²) in [7, 11) is -1.62. The van der Waals surface area contributed by atoms with Gasteiger partial charge in [-0.1, -0.05) is 18.2 Å². The second kappa shape index (κ2) is 5.02. The summed E-state index contributed by atoms with van der Waals surface area (Å²) in [5, 5.41) is 0. The molecular formula is C15H20O2Si. The van der Waals surface area contributed by atoms with Crippen LogP contribution >= 0.6 is 0 Å². The molecule has 1 aliphatic rings. The topological polar surface area (TPSA) is 18.5 Å². The number of hydrogen-bond donors (Lipinski definition) is 0. The van der Waals surface area contributed by atoms with E-state index in [0.29, 0.717) is 0 Å². The van der Waals surface area contributed by atoms with E-state index >= 15 is 0 Å². The van der Waals surface area contributed by atoms with Gasteiger partial charge in [0.2, 0.25) is 8.32 Å². The fourth-order valence-electron chi connectivity index (χ4n) is 1.93. The van der Waals surface area contributed by atoms with E-state index in [9.17, 15) is 0 Å². The van der Waals surface area contributed by atoms with Crippen LogP contribution in [-0.4, -0.2) is 14.4 Å². The zero-order valence-corrected chi connectivity index (χ0v) is 12.3. The van der Waals surface area contributed by atoms with Gasteiger partial charge in [0.25, 0.3) is 0 Å². The van der Waals surface area contributed by atoms with Gasteiger partial charge in [0.05, 0.1) is 5.56 Å². The normalized spacial score (nSPS) is 18.4. The summed E-state index contributed by atoms with van der Waals surface area (Å²) in [5.74, 6) is 1.86. The Morgan fingerprint density at radius 1 is 1.33 bits per heavy atom. The van der Waals surface area contributed by atoms with Gasteiger partial charge >= 0.3 is 0 Å². The van der Waals surface area contributed by atoms with Crippen LogP contribution in [0.5, 0.6) is 5.75 Å². The lowest BCUT2D eigenvalue weighted by Gasteiger charge is -2.29. The quantitative estimate of drug-likeness (QED) is 0.596. The molecule has 0 aliphatic carbocycles. The first kappa shape index (κ1) is 13.0. The van der Waals surface area contributed by atoms with E-state index < -0.39 is 8.32 Å².